The molecule has 0 aliphatic rings. The summed E-state index contributed by atoms with van der Waals surface area (Å²) in [7, 11) is -10.1. The minimum Gasteiger partial charge on any atom is -0.759 e. The van der Waals surface area contributed by atoms with Crippen molar-refractivity contribution in [1.29, 1.82) is 0 Å². The molecule has 0 radical (unpaired) electrons. The number of rotatable bonds is 10. The van der Waals surface area contributed by atoms with Gasteiger partial charge in [-0.15, -0.1) is 0 Å². The molecule has 10 nitrogen and oxygen atoms in total. The van der Waals surface area contributed by atoms with Crippen molar-refractivity contribution in [3.63, 3.8) is 0 Å². The van der Waals surface area contributed by atoms with E-state index in [-0.39, 0.29) is 23.5 Å². The largest absolute Gasteiger partial charge is 3.00 e. The Kier molecular flexibility index (Phi) is 35.0. The average molecular weight is 423 g/mol. The fourth-order valence-electron chi connectivity index (χ4n) is 1.60. The molecular formula is C12H30AlNO9S2. The zero-order chi connectivity index (χ0) is 18.8. The number of hydrogen-bond acceptors (Lipinski definition) is 9. The van der Waals surface area contributed by atoms with Crippen molar-refractivity contribution in [2.75, 3.05) is 6.61 Å². The smallest absolute Gasteiger partial charge is 0.759 e. The number of aliphatic hydroxyl groups excluding tert-OH is 1. The minimum absolute atomic E-state index is 0. The van der Waals surface area contributed by atoms with Crippen LogP contribution in [0.4, 0.5) is 0 Å². The first-order chi connectivity index (χ1) is 10.4. The molecule has 0 aromatic rings. The normalized spacial score (nSPS) is 10.2. The summed E-state index contributed by atoms with van der Waals surface area (Å²) in [5.74, 6) is 0. The van der Waals surface area contributed by atoms with Crippen molar-refractivity contribution in [1.82, 2.24) is 6.15 Å². The summed E-state index contributed by atoms with van der Waals surface area (Å²) >= 11 is 0. The summed E-state index contributed by atoms with van der Waals surface area (Å²) < 4.78 is 66.9. The van der Waals surface area contributed by atoms with Crippen LogP contribution in [0.1, 0.15) is 71.1 Å². The molecule has 0 fully saturated rings. The van der Waals surface area contributed by atoms with Crippen molar-refractivity contribution in [2.24, 2.45) is 0 Å². The van der Waals surface area contributed by atoms with Gasteiger partial charge in [0.2, 0.25) is 10.4 Å². The van der Waals surface area contributed by atoms with Crippen molar-refractivity contribution < 1.29 is 40.2 Å². The Balaban J connectivity index is -0.0000000933. The molecule has 0 aliphatic heterocycles. The molecule has 0 atom stereocenters. The van der Waals surface area contributed by atoms with E-state index in [0.29, 0.717) is 6.61 Å². The molecule has 0 amide bonds. The zero-order valence-electron chi connectivity index (χ0n) is 14.6. The first kappa shape index (κ1) is 36.2. The van der Waals surface area contributed by atoms with Crippen LogP contribution in [0.5, 0.6) is 0 Å². The molecule has 25 heavy (non-hydrogen) atoms. The molecule has 0 aromatic carbocycles. The second-order valence-electron chi connectivity index (χ2n) is 4.74. The summed E-state index contributed by atoms with van der Waals surface area (Å²) in [6.45, 7) is 2.63. The Bertz CT molecular complexity index is 374. The molecule has 0 bridgehead atoms. The predicted octanol–water partition coefficient (Wildman–Crippen LogP) is 1.35. The number of hydrogen-bond donors (Lipinski definition) is 3. The molecule has 0 aliphatic carbocycles. The topological polar surface area (TPSA) is 213 Å². The van der Waals surface area contributed by atoms with Gasteiger partial charge in [0.15, 0.2) is 0 Å². The van der Waals surface area contributed by atoms with Gasteiger partial charge < -0.3 is 24.9 Å². The van der Waals surface area contributed by atoms with Crippen LogP contribution in [0.15, 0.2) is 0 Å². The summed E-state index contributed by atoms with van der Waals surface area (Å²) in [6.07, 6.45) is 13.3. The summed E-state index contributed by atoms with van der Waals surface area (Å²) in [5, 5.41) is 8.57. The molecule has 0 saturated heterocycles. The van der Waals surface area contributed by atoms with Crippen LogP contribution in [0.25, 0.3) is 0 Å². The van der Waals surface area contributed by atoms with Gasteiger partial charge in [0.05, 0.1) is 0 Å². The van der Waals surface area contributed by atoms with E-state index in [1.54, 1.807) is 0 Å². The molecule has 0 aromatic heterocycles. The van der Waals surface area contributed by atoms with Gasteiger partial charge in [0.25, 0.3) is 0 Å². The summed E-state index contributed by atoms with van der Waals surface area (Å²) in [5.41, 5.74) is 0. The Morgan fingerprint density at radius 1 is 0.720 bits per heavy atom. The van der Waals surface area contributed by atoms with Gasteiger partial charge >= 0.3 is 17.4 Å². The third kappa shape index (κ3) is 115. The average Bonchev–Trinajstić information content (AvgIpc) is 2.33. The second-order valence-corrected chi connectivity index (χ2v) is 6.41. The van der Waals surface area contributed by atoms with Crippen LogP contribution in [0.2, 0.25) is 0 Å². The van der Waals surface area contributed by atoms with E-state index >= 15 is 0 Å². The Morgan fingerprint density at radius 2 is 0.920 bits per heavy atom. The quantitative estimate of drug-likeness (QED) is 0.198. The fourth-order valence-corrected chi connectivity index (χ4v) is 1.60. The SMILES string of the molecule is CCCCCCCCCCCCO.N.O=S(=O)([O-])O.O=S(=O)([O-])[O-].[Al+3]. The van der Waals surface area contributed by atoms with Gasteiger partial charge in [-0.25, -0.2) is 8.42 Å². The Morgan fingerprint density at radius 3 is 1.12 bits per heavy atom. The van der Waals surface area contributed by atoms with Gasteiger partial charge in [-0.1, -0.05) is 64.7 Å². The van der Waals surface area contributed by atoms with Crippen molar-refractivity contribution >= 4 is 38.2 Å². The van der Waals surface area contributed by atoms with E-state index in [0.717, 1.165) is 6.42 Å². The van der Waals surface area contributed by atoms with Crippen molar-refractivity contribution in [3.8, 4) is 0 Å². The van der Waals surface area contributed by atoms with E-state index in [1.165, 1.54) is 57.8 Å². The van der Waals surface area contributed by atoms with Crippen molar-refractivity contribution in [3.05, 3.63) is 0 Å². The molecule has 152 valence electrons. The predicted molar refractivity (Wildman–Crippen MR) is 92.5 cm³/mol. The van der Waals surface area contributed by atoms with Gasteiger partial charge in [0, 0.05) is 17.0 Å². The first-order valence-electron chi connectivity index (χ1n) is 7.37. The monoisotopic (exact) mass is 423 g/mol. The van der Waals surface area contributed by atoms with E-state index in [2.05, 4.69) is 6.92 Å². The van der Waals surface area contributed by atoms with E-state index in [9.17, 15) is 0 Å². The third-order valence-corrected chi connectivity index (χ3v) is 2.51. The van der Waals surface area contributed by atoms with Crippen LogP contribution in [-0.2, 0) is 20.8 Å². The van der Waals surface area contributed by atoms with Crippen LogP contribution < -0.4 is 6.15 Å². The van der Waals surface area contributed by atoms with E-state index in [4.69, 9.17) is 40.2 Å². The first-order valence-corrected chi connectivity index (χ1v) is 10.1. The maximum atomic E-state index is 8.63. The fraction of sp³-hybridized carbons (Fsp3) is 1.00. The van der Waals surface area contributed by atoms with Crippen molar-refractivity contribution in [2.45, 2.75) is 71.1 Å². The van der Waals surface area contributed by atoms with Gasteiger partial charge in [-0.2, -0.15) is 0 Å². The zero-order valence-corrected chi connectivity index (χ0v) is 17.4. The molecule has 0 spiro atoms. The second kappa shape index (κ2) is 24.2. The molecule has 5 N–H and O–H groups in total. The number of aliphatic hydroxyl groups is 1. The minimum atomic E-state index is -5.17. The van der Waals surface area contributed by atoms with Crippen LogP contribution in [-0.4, -0.2) is 64.1 Å². The molecule has 0 unspecified atom stereocenters. The molecule has 0 heterocycles. The molecule has 0 rings (SSSR count). The molecular weight excluding hydrogens is 393 g/mol. The Hall–Kier alpha value is 0.192. The molecule has 0 saturated carbocycles. The van der Waals surface area contributed by atoms with Crippen LogP contribution in [0.3, 0.4) is 0 Å². The van der Waals surface area contributed by atoms with E-state index < -0.39 is 20.8 Å². The van der Waals surface area contributed by atoms with Gasteiger partial charge in [-0.05, 0) is 6.42 Å². The Labute approximate surface area is 162 Å². The van der Waals surface area contributed by atoms with Crippen LogP contribution >= 0.6 is 0 Å². The van der Waals surface area contributed by atoms with Crippen LogP contribution in [0, 0.1) is 0 Å². The van der Waals surface area contributed by atoms with Gasteiger partial charge in [-0.3, -0.25) is 13.0 Å². The summed E-state index contributed by atoms with van der Waals surface area (Å²) in [6, 6.07) is 0. The third-order valence-electron chi connectivity index (χ3n) is 2.51. The summed E-state index contributed by atoms with van der Waals surface area (Å²) in [4.78, 5) is 0. The van der Waals surface area contributed by atoms with E-state index in [1.807, 2.05) is 0 Å². The maximum Gasteiger partial charge on any atom is 3.00 e. The molecule has 13 heteroatoms. The maximum absolute atomic E-state index is 8.63. The standard InChI is InChI=1S/C12H26O.Al.H3N.2H2O4S/c1-2-3-4-5-6-7-8-9-10-11-12-13;;;2*1-5(2,3)4/h13H,2-12H2,1H3;;1H3;2*(H2,1,2,3,4)/q;+3;;;/p-3. The number of unbranched alkanes of at least 4 members (excludes halogenated alkanes) is 9. The van der Waals surface area contributed by atoms with Gasteiger partial charge in [0.1, 0.15) is 0 Å².